The summed E-state index contributed by atoms with van der Waals surface area (Å²) in [7, 11) is 0. The second-order valence-corrected chi connectivity index (χ2v) is 6.03. The number of nitrogens with one attached hydrogen (secondary N) is 1. The molecular formula is C19H25NO4. The summed E-state index contributed by atoms with van der Waals surface area (Å²) in [6, 6.07) is 12.9. The standard InChI is InChI=1S/C19H25NO4/c1-14(10-12-23-16-7-4-3-5-8-16)19(22)20-15(2)13-17(21)18-9-6-11-24-18/h3-9,11,14-15,17,21H,10,12-13H2,1-2H3,(H,20,22)/t14-,15+,17+/m0/s1. The smallest absolute Gasteiger partial charge is 0.223 e. The van der Waals surface area contributed by atoms with Crippen molar-refractivity contribution in [2.24, 2.45) is 5.92 Å². The third-order valence-electron chi connectivity index (χ3n) is 3.85. The SMILES string of the molecule is C[C@H](C[C@@H](O)c1ccco1)NC(=O)[C@@H](C)CCOc1ccccc1. The largest absolute Gasteiger partial charge is 0.494 e. The quantitative estimate of drug-likeness (QED) is 0.739. The Hall–Kier alpha value is -2.27. The second kappa shape index (κ2) is 9.13. The maximum absolute atomic E-state index is 12.2. The van der Waals surface area contributed by atoms with Crippen LogP contribution < -0.4 is 10.1 Å². The fraction of sp³-hybridized carbons (Fsp3) is 0.421. The lowest BCUT2D eigenvalue weighted by Crippen LogP contribution is -2.37. The van der Waals surface area contributed by atoms with E-state index in [9.17, 15) is 9.90 Å². The monoisotopic (exact) mass is 331 g/mol. The molecule has 0 aliphatic carbocycles. The van der Waals surface area contributed by atoms with Crippen LogP contribution in [-0.2, 0) is 4.79 Å². The molecule has 1 aromatic heterocycles. The summed E-state index contributed by atoms with van der Waals surface area (Å²) in [6.07, 6.45) is 1.85. The summed E-state index contributed by atoms with van der Waals surface area (Å²) in [5.74, 6) is 1.13. The van der Waals surface area contributed by atoms with Crippen molar-refractivity contribution in [3.8, 4) is 5.75 Å². The number of hydrogen-bond acceptors (Lipinski definition) is 4. The van der Waals surface area contributed by atoms with Gasteiger partial charge < -0.3 is 19.6 Å². The van der Waals surface area contributed by atoms with Crippen LogP contribution in [0.15, 0.2) is 53.1 Å². The normalized spacial score (nSPS) is 14.6. The van der Waals surface area contributed by atoms with Gasteiger partial charge in [0, 0.05) is 18.4 Å². The highest BCUT2D eigenvalue weighted by atomic mass is 16.5. The summed E-state index contributed by atoms with van der Waals surface area (Å²) in [5.41, 5.74) is 0. The molecule has 2 aromatic rings. The lowest BCUT2D eigenvalue weighted by molar-refractivity contribution is -0.125. The first-order chi connectivity index (χ1) is 11.6. The molecule has 0 spiro atoms. The number of ether oxygens (including phenoxy) is 1. The predicted octanol–water partition coefficient (Wildman–Crippen LogP) is 3.31. The second-order valence-electron chi connectivity index (χ2n) is 6.03. The van der Waals surface area contributed by atoms with Gasteiger partial charge in [0.1, 0.15) is 17.6 Å². The minimum absolute atomic E-state index is 0.0363. The molecule has 0 radical (unpaired) electrons. The van der Waals surface area contributed by atoms with Crippen LogP contribution >= 0.6 is 0 Å². The van der Waals surface area contributed by atoms with Crippen LogP contribution in [0.1, 0.15) is 38.6 Å². The van der Waals surface area contributed by atoms with Crippen molar-refractivity contribution < 1.29 is 19.1 Å². The number of hydrogen-bond donors (Lipinski definition) is 2. The van der Waals surface area contributed by atoms with Crippen molar-refractivity contribution >= 4 is 5.91 Å². The van der Waals surface area contributed by atoms with Gasteiger partial charge in [0.15, 0.2) is 0 Å². The molecule has 1 aromatic carbocycles. The Morgan fingerprint density at radius 3 is 2.62 bits per heavy atom. The van der Waals surface area contributed by atoms with E-state index in [-0.39, 0.29) is 17.9 Å². The van der Waals surface area contributed by atoms with Gasteiger partial charge in [0.25, 0.3) is 0 Å². The molecule has 5 nitrogen and oxygen atoms in total. The minimum Gasteiger partial charge on any atom is -0.494 e. The lowest BCUT2D eigenvalue weighted by atomic mass is 10.1. The number of furan rings is 1. The van der Waals surface area contributed by atoms with Gasteiger partial charge in [-0.25, -0.2) is 0 Å². The zero-order valence-electron chi connectivity index (χ0n) is 14.1. The number of carbonyl (C=O) groups excluding carboxylic acids is 1. The molecule has 2 N–H and O–H groups in total. The Kier molecular flexibility index (Phi) is 6.88. The number of amides is 1. The van der Waals surface area contributed by atoms with Crippen LogP contribution in [0.5, 0.6) is 5.75 Å². The highest BCUT2D eigenvalue weighted by Gasteiger charge is 2.19. The van der Waals surface area contributed by atoms with Crippen LogP contribution in [0, 0.1) is 5.92 Å². The Labute approximate surface area is 142 Å². The van der Waals surface area contributed by atoms with Gasteiger partial charge in [-0.05, 0) is 37.6 Å². The van der Waals surface area contributed by atoms with E-state index in [1.807, 2.05) is 44.2 Å². The fourth-order valence-corrected chi connectivity index (χ4v) is 2.38. The van der Waals surface area contributed by atoms with E-state index >= 15 is 0 Å². The molecule has 3 atom stereocenters. The Morgan fingerprint density at radius 2 is 1.96 bits per heavy atom. The van der Waals surface area contributed by atoms with Gasteiger partial charge in [-0.1, -0.05) is 25.1 Å². The Bertz CT molecular complexity index is 597. The van der Waals surface area contributed by atoms with Crippen molar-refractivity contribution in [1.29, 1.82) is 0 Å². The lowest BCUT2D eigenvalue weighted by Gasteiger charge is -2.19. The topological polar surface area (TPSA) is 71.7 Å². The molecule has 0 fully saturated rings. The van der Waals surface area contributed by atoms with E-state index in [2.05, 4.69) is 5.32 Å². The first-order valence-corrected chi connectivity index (χ1v) is 8.26. The van der Waals surface area contributed by atoms with Gasteiger partial charge in [0.2, 0.25) is 5.91 Å². The third kappa shape index (κ3) is 5.74. The van der Waals surface area contributed by atoms with Crippen molar-refractivity contribution in [1.82, 2.24) is 5.32 Å². The molecular weight excluding hydrogens is 306 g/mol. The fourth-order valence-electron chi connectivity index (χ4n) is 2.38. The van der Waals surface area contributed by atoms with Crippen LogP contribution in [0.2, 0.25) is 0 Å². The number of aliphatic hydroxyl groups excluding tert-OH is 1. The summed E-state index contributed by atoms with van der Waals surface area (Å²) < 4.78 is 10.8. The zero-order valence-corrected chi connectivity index (χ0v) is 14.1. The zero-order chi connectivity index (χ0) is 17.4. The molecule has 24 heavy (non-hydrogen) atoms. The van der Waals surface area contributed by atoms with E-state index in [0.29, 0.717) is 25.2 Å². The van der Waals surface area contributed by atoms with Crippen LogP contribution in [0.25, 0.3) is 0 Å². The average Bonchev–Trinajstić information content (AvgIpc) is 3.10. The number of carbonyl (C=O) groups is 1. The van der Waals surface area contributed by atoms with Gasteiger partial charge in [-0.3, -0.25) is 4.79 Å². The summed E-state index contributed by atoms with van der Waals surface area (Å²) in [5, 5.41) is 13.0. The number of para-hydroxylation sites is 1. The molecule has 0 bridgehead atoms. The molecule has 5 heteroatoms. The number of benzene rings is 1. The number of aliphatic hydroxyl groups is 1. The Balaban J connectivity index is 1.68. The first-order valence-electron chi connectivity index (χ1n) is 8.26. The maximum Gasteiger partial charge on any atom is 0.223 e. The van der Waals surface area contributed by atoms with E-state index in [4.69, 9.17) is 9.15 Å². The molecule has 0 aliphatic rings. The molecule has 0 saturated heterocycles. The molecule has 0 unspecified atom stereocenters. The highest BCUT2D eigenvalue weighted by Crippen LogP contribution is 2.18. The summed E-state index contributed by atoms with van der Waals surface area (Å²) in [6.45, 7) is 4.23. The molecule has 130 valence electrons. The molecule has 1 amide bonds. The molecule has 0 saturated carbocycles. The van der Waals surface area contributed by atoms with Crippen LogP contribution in [0.3, 0.4) is 0 Å². The third-order valence-corrected chi connectivity index (χ3v) is 3.85. The van der Waals surface area contributed by atoms with Crippen LogP contribution in [-0.4, -0.2) is 23.7 Å². The van der Waals surface area contributed by atoms with E-state index < -0.39 is 6.10 Å². The first kappa shape index (κ1) is 18.1. The molecule has 0 aliphatic heterocycles. The average molecular weight is 331 g/mol. The minimum atomic E-state index is -0.716. The molecule has 1 heterocycles. The van der Waals surface area contributed by atoms with Crippen molar-refractivity contribution in [2.75, 3.05) is 6.61 Å². The Morgan fingerprint density at radius 1 is 1.21 bits per heavy atom. The van der Waals surface area contributed by atoms with Gasteiger partial charge in [-0.2, -0.15) is 0 Å². The summed E-state index contributed by atoms with van der Waals surface area (Å²) >= 11 is 0. The van der Waals surface area contributed by atoms with Crippen molar-refractivity contribution in [3.63, 3.8) is 0 Å². The van der Waals surface area contributed by atoms with E-state index in [1.54, 1.807) is 12.1 Å². The van der Waals surface area contributed by atoms with Crippen LogP contribution in [0.4, 0.5) is 0 Å². The van der Waals surface area contributed by atoms with E-state index in [0.717, 1.165) is 5.75 Å². The van der Waals surface area contributed by atoms with Gasteiger partial charge >= 0.3 is 0 Å². The maximum atomic E-state index is 12.2. The van der Waals surface area contributed by atoms with Crippen molar-refractivity contribution in [2.45, 2.75) is 38.8 Å². The van der Waals surface area contributed by atoms with Gasteiger partial charge in [0.05, 0.1) is 12.9 Å². The van der Waals surface area contributed by atoms with E-state index in [1.165, 1.54) is 6.26 Å². The predicted molar refractivity (Wildman–Crippen MR) is 91.6 cm³/mol. The highest BCUT2D eigenvalue weighted by molar-refractivity contribution is 5.78. The van der Waals surface area contributed by atoms with Gasteiger partial charge in [-0.15, -0.1) is 0 Å². The number of rotatable bonds is 9. The van der Waals surface area contributed by atoms with Crippen molar-refractivity contribution in [3.05, 3.63) is 54.5 Å². The summed E-state index contributed by atoms with van der Waals surface area (Å²) in [4.78, 5) is 12.2. The molecule has 2 rings (SSSR count).